The Morgan fingerprint density at radius 1 is 1.06 bits per heavy atom. The van der Waals surface area contributed by atoms with Crippen molar-refractivity contribution in [2.75, 3.05) is 0 Å². The molecule has 1 aliphatic carbocycles. The Morgan fingerprint density at radius 3 is 2.12 bits per heavy atom. The second-order valence-corrected chi connectivity index (χ2v) is 3.61. The summed E-state index contributed by atoms with van der Waals surface area (Å²) in [6.07, 6.45) is 10.1. The number of hydrogen-bond acceptors (Lipinski definition) is 0. The molecule has 0 unspecified atom stereocenters. The molecular weight excluding hydrogens is 206 g/mol. The SMILES string of the molecule is CC.C\C=C(F)/C=C(F)\C=C\C1CCCC1. The lowest BCUT2D eigenvalue weighted by molar-refractivity contribution is 0.624. The third-order valence-corrected chi connectivity index (χ3v) is 2.48. The molecule has 1 fully saturated rings. The maximum absolute atomic E-state index is 13.0. The average molecular weight is 228 g/mol. The van der Waals surface area contributed by atoms with Crippen LogP contribution in [0.5, 0.6) is 0 Å². The van der Waals surface area contributed by atoms with Crippen molar-refractivity contribution in [2.24, 2.45) is 5.92 Å². The highest BCUT2D eigenvalue weighted by molar-refractivity contribution is 5.21. The Bertz CT molecular complexity index is 256. The molecular formula is C14H22F2. The number of halogens is 2. The molecule has 2 heteroatoms. The maximum atomic E-state index is 13.0. The fourth-order valence-electron chi connectivity index (χ4n) is 1.64. The zero-order valence-electron chi connectivity index (χ0n) is 10.5. The highest BCUT2D eigenvalue weighted by atomic mass is 19.1. The Balaban J connectivity index is 0.00000106. The van der Waals surface area contributed by atoms with Crippen molar-refractivity contribution in [3.8, 4) is 0 Å². The molecule has 1 aliphatic rings. The van der Waals surface area contributed by atoms with Gasteiger partial charge in [0.25, 0.3) is 0 Å². The lowest BCUT2D eigenvalue weighted by atomic mass is 10.1. The van der Waals surface area contributed by atoms with Crippen LogP contribution in [0.2, 0.25) is 0 Å². The van der Waals surface area contributed by atoms with Crippen LogP contribution in [-0.2, 0) is 0 Å². The van der Waals surface area contributed by atoms with Gasteiger partial charge in [-0.3, -0.25) is 0 Å². The zero-order valence-corrected chi connectivity index (χ0v) is 10.5. The molecule has 0 atom stereocenters. The molecule has 1 saturated carbocycles. The Kier molecular flexibility index (Phi) is 8.78. The highest BCUT2D eigenvalue weighted by Gasteiger charge is 2.11. The smallest absolute Gasteiger partial charge is 0.125 e. The molecule has 0 N–H and O–H groups in total. The van der Waals surface area contributed by atoms with Crippen LogP contribution >= 0.6 is 0 Å². The lowest BCUT2D eigenvalue weighted by Crippen LogP contribution is -1.85. The van der Waals surface area contributed by atoms with Gasteiger partial charge in [-0.15, -0.1) is 0 Å². The molecule has 16 heavy (non-hydrogen) atoms. The minimum atomic E-state index is -0.529. The van der Waals surface area contributed by atoms with Crippen molar-refractivity contribution >= 4 is 0 Å². The molecule has 0 nitrogen and oxygen atoms in total. The third-order valence-electron chi connectivity index (χ3n) is 2.48. The van der Waals surface area contributed by atoms with Crippen molar-refractivity contribution in [1.29, 1.82) is 0 Å². The van der Waals surface area contributed by atoms with Gasteiger partial charge in [0.1, 0.15) is 11.7 Å². The largest absolute Gasteiger partial charge is 0.207 e. The first kappa shape index (κ1) is 15.1. The second-order valence-electron chi connectivity index (χ2n) is 3.61. The maximum Gasteiger partial charge on any atom is 0.125 e. The lowest BCUT2D eigenvalue weighted by Gasteiger charge is -1.98. The third kappa shape index (κ3) is 6.54. The number of rotatable bonds is 3. The Labute approximate surface area is 97.7 Å². The van der Waals surface area contributed by atoms with Crippen LogP contribution in [0.3, 0.4) is 0 Å². The van der Waals surface area contributed by atoms with E-state index >= 15 is 0 Å². The Hall–Kier alpha value is -0.920. The van der Waals surface area contributed by atoms with E-state index in [0.29, 0.717) is 5.92 Å². The van der Waals surface area contributed by atoms with E-state index in [1.807, 2.05) is 19.9 Å². The number of allylic oxidation sites excluding steroid dienone is 6. The molecule has 0 spiro atoms. The molecule has 1 rings (SSSR count). The van der Waals surface area contributed by atoms with Gasteiger partial charge in [-0.1, -0.05) is 38.8 Å². The first-order chi connectivity index (χ1) is 7.72. The topological polar surface area (TPSA) is 0 Å². The fourth-order valence-corrected chi connectivity index (χ4v) is 1.64. The monoisotopic (exact) mass is 228 g/mol. The quantitative estimate of drug-likeness (QED) is 0.560. The van der Waals surface area contributed by atoms with E-state index in [2.05, 4.69) is 0 Å². The molecule has 0 heterocycles. The van der Waals surface area contributed by atoms with E-state index in [4.69, 9.17) is 0 Å². The highest BCUT2D eigenvalue weighted by Crippen LogP contribution is 2.26. The number of hydrogen-bond donors (Lipinski definition) is 0. The van der Waals surface area contributed by atoms with Gasteiger partial charge in [0.15, 0.2) is 0 Å². The molecule has 0 aliphatic heterocycles. The van der Waals surface area contributed by atoms with E-state index in [0.717, 1.165) is 18.9 Å². The fraction of sp³-hybridized carbons (Fsp3) is 0.571. The minimum Gasteiger partial charge on any atom is -0.207 e. The van der Waals surface area contributed by atoms with E-state index in [1.165, 1.54) is 25.0 Å². The van der Waals surface area contributed by atoms with Gasteiger partial charge in [0, 0.05) is 6.08 Å². The van der Waals surface area contributed by atoms with E-state index < -0.39 is 11.7 Å². The summed E-state index contributed by atoms with van der Waals surface area (Å²) in [5, 5.41) is 0. The summed E-state index contributed by atoms with van der Waals surface area (Å²) >= 11 is 0. The van der Waals surface area contributed by atoms with Gasteiger partial charge in [-0.2, -0.15) is 0 Å². The van der Waals surface area contributed by atoms with E-state index in [-0.39, 0.29) is 0 Å². The predicted octanol–water partition coefficient (Wildman–Crippen LogP) is 5.49. The molecule has 0 bridgehead atoms. The Morgan fingerprint density at radius 2 is 1.62 bits per heavy atom. The van der Waals surface area contributed by atoms with E-state index in [9.17, 15) is 8.78 Å². The first-order valence-corrected chi connectivity index (χ1v) is 6.09. The van der Waals surface area contributed by atoms with Crippen molar-refractivity contribution in [3.05, 3.63) is 36.0 Å². The first-order valence-electron chi connectivity index (χ1n) is 6.09. The second kappa shape index (κ2) is 9.32. The standard InChI is InChI=1S/C12H16F2.C2H6/c1-2-11(13)9-12(14)8-7-10-5-3-4-6-10;1-2/h2,7-10H,3-6H2,1H3;1-2H3/b8-7+,11-2+,12-9+;. The normalized spacial score (nSPS) is 18.8. The summed E-state index contributed by atoms with van der Waals surface area (Å²) in [7, 11) is 0. The van der Waals surface area contributed by atoms with Crippen molar-refractivity contribution < 1.29 is 8.78 Å². The van der Waals surface area contributed by atoms with Crippen LogP contribution in [-0.4, -0.2) is 0 Å². The molecule has 0 aromatic rings. The molecule has 0 saturated heterocycles. The predicted molar refractivity (Wildman–Crippen MR) is 66.5 cm³/mol. The zero-order chi connectivity index (χ0) is 12.4. The van der Waals surface area contributed by atoms with Gasteiger partial charge in [-0.05, 0) is 31.8 Å². The van der Waals surface area contributed by atoms with Crippen molar-refractivity contribution in [1.82, 2.24) is 0 Å². The minimum absolute atomic E-state index is 0.489. The molecule has 0 aromatic carbocycles. The summed E-state index contributed by atoms with van der Waals surface area (Å²) in [6, 6.07) is 0. The van der Waals surface area contributed by atoms with E-state index in [1.54, 1.807) is 6.92 Å². The summed E-state index contributed by atoms with van der Waals surface area (Å²) < 4.78 is 25.6. The molecule has 0 aromatic heterocycles. The van der Waals surface area contributed by atoms with Crippen LogP contribution in [0.4, 0.5) is 8.78 Å². The average Bonchev–Trinajstić information content (AvgIpc) is 2.82. The van der Waals surface area contributed by atoms with Crippen LogP contribution in [0.25, 0.3) is 0 Å². The molecule has 92 valence electrons. The summed E-state index contributed by atoms with van der Waals surface area (Å²) in [5.74, 6) is -0.547. The van der Waals surface area contributed by atoms with Crippen LogP contribution in [0, 0.1) is 5.92 Å². The summed E-state index contributed by atoms with van der Waals surface area (Å²) in [5.41, 5.74) is 0. The summed E-state index contributed by atoms with van der Waals surface area (Å²) in [6.45, 7) is 5.54. The van der Waals surface area contributed by atoms with Crippen molar-refractivity contribution in [2.45, 2.75) is 46.5 Å². The molecule has 0 amide bonds. The van der Waals surface area contributed by atoms with Crippen LogP contribution < -0.4 is 0 Å². The van der Waals surface area contributed by atoms with Gasteiger partial charge in [0.05, 0.1) is 0 Å². The van der Waals surface area contributed by atoms with Crippen LogP contribution in [0.1, 0.15) is 46.5 Å². The van der Waals surface area contributed by atoms with Crippen LogP contribution in [0.15, 0.2) is 36.0 Å². The van der Waals surface area contributed by atoms with Gasteiger partial charge >= 0.3 is 0 Å². The van der Waals surface area contributed by atoms with Gasteiger partial charge < -0.3 is 0 Å². The molecule has 0 radical (unpaired) electrons. The summed E-state index contributed by atoms with van der Waals surface area (Å²) in [4.78, 5) is 0. The van der Waals surface area contributed by atoms with Crippen molar-refractivity contribution in [3.63, 3.8) is 0 Å². The van der Waals surface area contributed by atoms with Gasteiger partial charge in [-0.25, -0.2) is 8.78 Å². The van der Waals surface area contributed by atoms with Gasteiger partial charge in [0.2, 0.25) is 0 Å².